The maximum Gasteiger partial charge on any atom is 0.432 e. The maximum atomic E-state index is 12.2. The number of hydrogen-bond donors (Lipinski definition) is 5. The average molecular weight is 900 g/mol. The number of halogens is 3. The molecule has 0 saturated carbocycles. The van der Waals surface area contributed by atoms with E-state index in [1.54, 1.807) is 36.7 Å². The van der Waals surface area contributed by atoms with Crippen LogP contribution in [0, 0.1) is 0 Å². The molecule has 0 aliphatic heterocycles. The zero-order valence-corrected chi connectivity index (χ0v) is 35.7. The monoisotopic (exact) mass is 899 g/mol. The molecular weight excluding hydrogens is 856 g/mol. The van der Waals surface area contributed by atoms with Crippen molar-refractivity contribution in [2.24, 2.45) is 5.73 Å². The second-order valence-electron chi connectivity index (χ2n) is 12.8. The SMILES string of the molecule is C[Si](C)(O)c1ccccn1.FC(F)(F)c1cc(-c2ccccn2)n[nH]1.NCC(=O)O.O=S(=O)(O)c1ccccn1.c1ccc(-c2ccccn2)cc1.c1ccc(-n2cccn2)cc1. The van der Waals surface area contributed by atoms with Gasteiger partial charge in [-0.2, -0.15) is 31.8 Å². The van der Waals surface area contributed by atoms with Gasteiger partial charge in [0.05, 0.1) is 28.9 Å². The Kier molecular flexibility index (Phi) is 20.3. The summed E-state index contributed by atoms with van der Waals surface area (Å²) < 4.78 is 67.6. The van der Waals surface area contributed by atoms with Crippen molar-refractivity contribution in [2.45, 2.75) is 24.3 Å². The third kappa shape index (κ3) is 19.4. The van der Waals surface area contributed by atoms with Gasteiger partial charge in [-0.25, -0.2) is 9.67 Å². The summed E-state index contributed by atoms with van der Waals surface area (Å²) in [6.07, 6.45) is 5.60. The lowest BCUT2D eigenvalue weighted by atomic mass is 10.1. The van der Waals surface area contributed by atoms with E-state index >= 15 is 0 Å². The maximum absolute atomic E-state index is 12.2. The van der Waals surface area contributed by atoms with E-state index in [0.717, 1.165) is 28.3 Å². The Morgan fingerprint density at radius 3 is 1.59 bits per heavy atom. The Balaban J connectivity index is 0.000000206. The quantitative estimate of drug-likeness (QED) is 0.0840. The molecule has 6 heterocycles. The summed E-state index contributed by atoms with van der Waals surface area (Å²) in [7, 11) is -6.26. The number of aromatic nitrogens is 8. The van der Waals surface area contributed by atoms with Crippen molar-refractivity contribution in [2.75, 3.05) is 6.54 Å². The van der Waals surface area contributed by atoms with Crippen LogP contribution < -0.4 is 11.1 Å². The Hall–Kier alpha value is -7.23. The summed E-state index contributed by atoms with van der Waals surface area (Å²) in [6.45, 7) is 3.44. The van der Waals surface area contributed by atoms with Gasteiger partial charge in [0.1, 0.15) is 11.4 Å². The molecule has 6 aromatic heterocycles. The summed E-state index contributed by atoms with van der Waals surface area (Å²) >= 11 is 0. The number of nitrogens with zero attached hydrogens (tertiary/aromatic N) is 7. The van der Waals surface area contributed by atoms with Gasteiger partial charge in [0, 0.05) is 42.7 Å². The van der Waals surface area contributed by atoms with Gasteiger partial charge in [0.15, 0.2) is 5.03 Å². The number of H-pyrrole nitrogens is 1. The number of benzene rings is 2. The fourth-order valence-corrected chi connectivity index (χ4v) is 5.82. The standard InChI is InChI=1S/C11H9N.C9H6F3N3.C9H8N2.C7H11NOSi.C5H5NO3S.C2H5NO2/c1-2-6-10(7-3-1)11-8-4-5-9-12-11;10-9(11,12)8-5-7(14-15-8)6-3-1-2-4-13-6;1-2-5-9(6-3-1)11-8-4-7-10-11;1-10(2,9)7-5-3-4-6-8-7;7-10(8,9)5-3-1-2-4-6-5;3-1-2(4)5/h1-9H;1-5H,(H,14,15);1-8H;3-6,9H,1-2H3;1-4H,(H,7,8,9);1,3H2,(H,4,5). The van der Waals surface area contributed by atoms with E-state index in [0.29, 0.717) is 5.69 Å². The highest BCUT2D eigenvalue weighted by Crippen LogP contribution is 2.29. The van der Waals surface area contributed by atoms with E-state index in [-0.39, 0.29) is 17.3 Å². The van der Waals surface area contributed by atoms with Crippen LogP contribution >= 0.6 is 0 Å². The number of pyridine rings is 4. The van der Waals surface area contributed by atoms with Crippen LogP contribution in [0.2, 0.25) is 13.1 Å². The van der Waals surface area contributed by atoms with Gasteiger partial charge in [-0.15, -0.1) is 0 Å². The van der Waals surface area contributed by atoms with Crippen molar-refractivity contribution in [3.63, 3.8) is 0 Å². The molecule has 0 saturated heterocycles. The molecule has 0 aliphatic carbocycles. The van der Waals surface area contributed by atoms with Gasteiger partial charge >= 0.3 is 22.3 Å². The zero-order valence-electron chi connectivity index (χ0n) is 33.8. The van der Waals surface area contributed by atoms with E-state index in [1.807, 2.05) is 126 Å². The lowest BCUT2D eigenvalue weighted by Crippen LogP contribution is -2.43. The van der Waals surface area contributed by atoms with Crippen LogP contribution in [-0.2, 0) is 21.1 Å². The Morgan fingerprint density at radius 2 is 1.21 bits per heavy atom. The van der Waals surface area contributed by atoms with Gasteiger partial charge < -0.3 is 15.6 Å². The summed E-state index contributed by atoms with van der Waals surface area (Å²) in [4.78, 5) is 34.4. The second-order valence-corrected chi connectivity index (χ2v) is 17.8. The van der Waals surface area contributed by atoms with Crippen LogP contribution in [0.3, 0.4) is 0 Å². The fourth-order valence-electron chi connectivity index (χ4n) is 4.48. The van der Waals surface area contributed by atoms with Crippen LogP contribution in [0.4, 0.5) is 13.2 Å². The third-order valence-corrected chi connectivity index (χ3v) is 9.76. The van der Waals surface area contributed by atoms with E-state index < -0.39 is 36.3 Å². The lowest BCUT2D eigenvalue weighted by molar-refractivity contribution is -0.141. The number of nitrogens with two attached hydrogens (primary N) is 1. The number of carboxylic acids is 1. The number of carbonyl (C=O) groups is 1. The summed E-state index contributed by atoms with van der Waals surface area (Å²) in [5, 5.41) is 17.7. The predicted molar refractivity (Wildman–Crippen MR) is 234 cm³/mol. The highest BCUT2D eigenvalue weighted by atomic mass is 32.2. The molecular formula is C43H44F3N9O6SSi. The van der Waals surface area contributed by atoms with Gasteiger partial charge in [-0.05, 0) is 85.9 Å². The molecule has 0 radical (unpaired) electrons. The number of aliphatic carboxylic acids is 1. The van der Waals surface area contributed by atoms with E-state index in [1.165, 1.54) is 24.5 Å². The van der Waals surface area contributed by atoms with Crippen LogP contribution in [0.25, 0.3) is 28.3 Å². The molecule has 8 rings (SSSR count). The Morgan fingerprint density at radius 1 is 0.698 bits per heavy atom. The molecule has 0 aliphatic rings. The number of hydrogen-bond acceptors (Lipinski definition) is 11. The van der Waals surface area contributed by atoms with Crippen molar-refractivity contribution in [1.29, 1.82) is 0 Å². The van der Waals surface area contributed by atoms with Crippen molar-refractivity contribution in [3.05, 3.63) is 188 Å². The molecule has 0 bridgehead atoms. The second kappa shape index (κ2) is 25.5. The highest BCUT2D eigenvalue weighted by Gasteiger charge is 2.33. The predicted octanol–water partition coefficient (Wildman–Crippen LogP) is 6.96. The lowest BCUT2D eigenvalue weighted by Gasteiger charge is -2.11. The number of rotatable bonds is 6. The van der Waals surface area contributed by atoms with Crippen LogP contribution in [0.5, 0.6) is 0 Å². The average Bonchev–Trinajstić information content (AvgIpc) is 4.04. The number of aromatic amines is 1. The molecule has 8 aromatic rings. The summed E-state index contributed by atoms with van der Waals surface area (Å²) in [6, 6.07) is 43.8. The van der Waals surface area contributed by atoms with Crippen LogP contribution in [0.15, 0.2) is 188 Å². The molecule has 328 valence electrons. The first-order chi connectivity index (χ1) is 30.0. The summed E-state index contributed by atoms with van der Waals surface area (Å²) in [5.74, 6) is -0.968. The fraction of sp³-hybridized carbons (Fsp3) is 0.0930. The van der Waals surface area contributed by atoms with Gasteiger partial charge in [-0.1, -0.05) is 72.8 Å². The number of nitrogens with one attached hydrogen (secondary N) is 1. The van der Waals surface area contributed by atoms with Gasteiger partial charge in [-0.3, -0.25) is 29.4 Å². The normalized spacial score (nSPS) is 10.5. The summed E-state index contributed by atoms with van der Waals surface area (Å²) in [5.41, 5.74) is 7.58. The minimum absolute atomic E-state index is 0.183. The van der Waals surface area contributed by atoms with Crippen molar-refractivity contribution >= 4 is 29.7 Å². The zero-order chi connectivity index (χ0) is 46.1. The minimum Gasteiger partial charge on any atom is -0.480 e. The number of para-hydroxylation sites is 1. The van der Waals surface area contributed by atoms with Gasteiger partial charge in [0.25, 0.3) is 0 Å². The molecule has 0 amide bonds. The number of carboxylic acid groups (broad SMARTS) is 1. The molecule has 0 unspecified atom stereocenters. The first kappa shape index (κ1) is 50.1. The van der Waals surface area contributed by atoms with E-state index in [4.69, 9.17) is 9.66 Å². The molecule has 6 N–H and O–H groups in total. The first-order valence-corrected chi connectivity index (χ1v) is 22.9. The van der Waals surface area contributed by atoms with Crippen molar-refractivity contribution in [3.8, 4) is 28.3 Å². The molecule has 0 fully saturated rings. The first-order valence-electron chi connectivity index (χ1n) is 18.5. The Bertz CT molecular complexity index is 2520. The van der Waals surface area contributed by atoms with E-state index in [9.17, 15) is 31.2 Å². The van der Waals surface area contributed by atoms with Gasteiger partial charge in [0.2, 0.25) is 8.32 Å². The largest absolute Gasteiger partial charge is 0.480 e. The van der Waals surface area contributed by atoms with Crippen molar-refractivity contribution in [1.82, 2.24) is 39.9 Å². The topological polar surface area (TPSA) is 236 Å². The van der Waals surface area contributed by atoms with Crippen LogP contribution in [0.1, 0.15) is 5.69 Å². The molecule has 15 nitrogen and oxygen atoms in total. The minimum atomic E-state index is -4.40. The van der Waals surface area contributed by atoms with E-state index in [2.05, 4.69) is 48.0 Å². The van der Waals surface area contributed by atoms with Crippen molar-refractivity contribution < 1.29 is 40.8 Å². The molecule has 0 atom stereocenters. The third-order valence-electron chi connectivity index (χ3n) is 7.44. The number of alkyl halides is 3. The smallest absolute Gasteiger partial charge is 0.432 e. The molecule has 63 heavy (non-hydrogen) atoms. The molecule has 20 heteroatoms. The molecule has 0 spiro atoms. The molecule has 2 aromatic carbocycles. The highest BCUT2D eigenvalue weighted by molar-refractivity contribution is 7.85. The Labute approximate surface area is 362 Å². The van der Waals surface area contributed by atoms with Crippen LogP contribution in [-0.4, -0.2) is 83.6 Å².